The van der Waals surface area contributed by atoms with Gasteiger partial charge in [-0.15, -0.1) is 0 Å². The number of rotatable bonds is 7. The van der Waals surface area contributed by atoms with Crippen LogP contribution in [0.5, 0.6) is 0 Å². The highest BCUT2D eigenvalue weighted by Gasteiger charge is 2.70. The Morgan fingerprint density at radius 3 is 2.37 bits per heavy atom. The van der Waals surface area contributed by atoms with Gasteiger partial charge >= 0.3 is 6.03 Å². The molecule has 1 aromatic rings. The molecule has 7 rings (SSSR count). The second-order valence-corrected chi connectivity index (χ2v) is 19.1. The quantitative estimate of drug-likeness (QED) is 0.170. The molecule has 51 heavy (non-hydrogen) atoms. The number of fused-ring (bicyclic) bond motifs is 7. The number of piperidine rings is 1. The fraction of sp³-hybridized carbons (Fsp3) is 0.727. The van der Waals surface area contributed by atoms with E-state index in [1.54, 1.807) is 0 Å². The Bertz CT molecular complexity index is 1570. The van der Waals surface area contributed by atoms with E-state index in [0.717, 1.165) is 51.5 Å². The topological polar surface area (TPSA) is 102 Å². The van der Waals surface area contributed by atoms with Crippen molar-refractivity contribution in [1.82, 2.24) is 15.5 Å². The number of urea groups is 1. The molecule has 7 nitrogen and oxygen atoms in total. The molecule has 1 saturated heterocycles. The van der Waals surface area contributed by atoms with E-state index in [4.69, 9.17) is 0 Å². The number of nitrogens with zero attached hydrogens (tertiary/aromatic N) is 1. The molecule has 0 unspecified atom stereocenters. The first-order chi connectivity index (χ1) is 24.1. The number of carbonyl (C=O) groups is 2. The second kappa shape index (κ2) is 13.0. The number of carbonyl (C=O) groups excluding carboxylic acids is 2. The largest absolute Gasteiger partial charge is 0.364 e. The minimum atomic E-state index is -1.45. The van der Waals surface area contributed by atoms with Crippen molar-refractivity contribution in [2.45, 2.75) is 130 Å². The Kier molecular flexibility index (Phi) is 9.38. The minimum Gasteiger partial charge on any atom is -0.364 e. The molecule has 5 aliphatic carbocycles. The number of nitrogens with one attached hydrogen (secondary N) is 2. The third kappa shape index (κ3) is 5.73. The summed E-state index contributed by atoms with van der Waals surface area (Å²) < 4.78 is 0. The van der Waals surface area contributed by atoms with Crippen molar-refractivity contribution in [2.24, 2.45) is 51.2 Å². The van der Waals surface area contributed by atoms with Crippen LogP contribution in [0.15, 0.2) is 42.5 Å². The molecule has 3 amide bonds. The van der Waals surface area contributed by atoms with Crippen molar-refractivity contribution in [3.63, 3.8) is 0 Å². The molecular weight excluding hydrogens is 635 g/mol. The molecule has 4 saturated carbocycles. The van der Waals surface area contributed by atoms with Crippen LogP contribution in [0.1, 0.15) is 136 Å². The fourth-order valence-corrected chi connectivity index (χ4v) is 14.0. The first kappa shape index (κ1) is 36.7. The van der Waals surface area contributed by atoms with Gasteiger partial charge in [-0.1, -0.05) is 77.1 Å². The highest BCUT2D eigenvalue weighted by molar-refractivity contribution is 5.77. The van der Waals surface area contributed by atoms with Crippen molar-refractivity contribution in [1.29, 1.82) is 0 Å². The van der Waals surface area contributed by atoms with Crippen LogP contribution in [-0.2, 0) is 4.79 Å². The van der Waals surface area contributed by atoms with Gasteiger partial charge in [0, 0.05) is 37.2 Å². The second-order valence-electron chi connectivity index (χ2n) is 19.1. The molecule has 280 valence electrons. The summed E-state index contributed by atoms with van der Waals surface area (Å²) >= 11 is 0. The van der Waals surface area contributed by atoms with Crippen LogP contribution in [0.4, 0.5) is 4.79 Å². The molecule has 7 heteroatoms. The standard InChI is InChI=1S/C44H65N3O4/c1-28(2)31-17-22-44(46-39(51)45-25-27-47-26-9-8-10-36(47)48)24-23-42(6)33(37(31)44)15-16-35-41(5)20-18-32(29-11-13-30(14-12-29)38(49)50)40(3,4)34(41)19-21-43(35,42)7/h11-14,18,31,33-35,37-38,49-50H,1,8-10,15-17,19-27H2,2-7H3,(H2,45,46,51)/t31-,33+,34-,35+,37+,41-,42+,43+,44-/m0/s1. The summed E-state index contributed by atoms with van der Waals surface area (Å²) in [7, 11) is 0. The average molecular weight is 700 g/mol. The van der Waals surface area contributed by atoms with Crippen molar-refractivity contribution in [3.05, 3.63) is 53.6 Å². The molecule has 1 aromatic carbocycles. The van der Waals surface area contributed by atoms with Gasteiger partial charge in [-0.25, -0.2) is 4.79 Å². The van der Waals surface area contributed by atoms with Crippen molar-refractivity contribution >= 4 is 17.5 Å². The Balaban J connectivity index is 1.13. The molecule has 5 fully saturated rings. The van der Waals surface area contributed by atoms with Gasteiger partial charge in [0.15, 0.2) is 6.29 Å². The number of hydrogen-bond acceptors (Lipinski definition) is 4. The van der Waals surface area contributed by atoms with Crippen molar-refractivity contribution in [3.8, 4) is 0 Å². The summed E-state index contributed by atoms with van der Waals surface area (Å²) in [6, 6.07) is 7.78. The Hall–Kier alpha value is -2.64. The van der Waals surface area contributed by atoms with E-state index in [-0.39, 0.29) is 39.1 Å². The molecule has 9 atom stereocenters. The molecule has 1 aliphatic heterocycles. The maximum atomic E-state index is 13.6. The summed E-state index contributed by atoms with van der Waals surface area (Å²) in [6.45, 7) is 21.5. The average Bonchev–Trinajstić information content (AvgIpc) is 3.45. The predicted molar refractivity (Wildman–Crippen MR) is 203 cm³/mol. The van der Waals surface area contributed by atoms with Gasteiger partial charge < -0.3 is 25.7 Å². The van der Waals surface area contributed by atoms with Crippen molar-refractivity contribution in [2.75, 3.05) is 19.6 Å². The van der Waals surface area contributed by atoms with Gasteiger partial charge in [-0.2, -0.15) is 0 Å². The van der Waals surface area contributed by atoms with Gasteiger partial charge in [0.1, 0.15) is 0 Å². The number of benzene rings is 1. The molecule has 0 bridgehead atoms. The molecular formula is C44H65N3O4. The number of likely N-dealkylation sites (tertiary alicyclic amines) is 1. The molecule has 0 radical (unpaired) electrons. The first-order valence-corrected chi connectivity index (χ1v) is 20.2. The summed E-state index contributed by atoms with van der Waals surface area (Å²) in [5, 5.41) is 26.1. The van der Waals surface area contributed by atoms with E-state index in [2.05, 4.69) is 77.0 Å². The van der Waals surface area contributed by atoms with Crippen molar-refractivity contribution < 1.29 is 19.8 Å². The summed E-state index contributed by atoms with van der Waals surface area (Å²) in [4.78, 5) is 27.9. The van der Waals surface area contributed by atoms with Crippen LogP contribution < -0.4 is 10.6 Å². The van der Waals surface area contributed by atoms with Crippen LogP contribution in [0, 0.1) is 51.2 Å². The van der Waals surface area contributed by atoms with E-state index >= 15 is 0 Å². The first-order valence-electron chi connectivity index (χ1n) is 20.2. The molecule has 1 heterocycles. The van der Waals surface area contributed by atoms with Gasteiger partial charge in [0.25, 0.3) is 0 Å². The number of allylic oxidation sites excluding steroid dienone is 3. The van der Waals surface area contributed by atoms with E-state index in [9.17, 15) is 19.8 Å². The van der Waals surface area contributed by atoms with Crippen LogP contribution >= 0.6 is 0 Å². The fourth-order valence-electron chi connectivity index (χ4n) is 14.0. The van der Waals surface area contributed by atoms with Crippen LogP contribution in [-0.4, -0.2) is 52.2 Å². The summed E-state index contributed by atoms with van der Waals surface area (Å²) in [5.41, 5.74) is 4.77. The third-order valence-corrected chi connectivity index (χ3v) is 16.6. The minimum absolute atomic E-state index is 0.00220. The smallest absolute Gasteiger partial charge is 0.315 e. The summed E-state index contributed by atoms with van der Waals surface area (Å²) in [6.07, 6.45) is 14.0. The van der Waals surface area contributed by atoms with Gasteiger partial charge in [0.05, 0.1) is 0 Å². The maximum Gasteiger partial charge on any atom is 0.315 e. The third-order valence-electron chi connectivity index (χ3n) is 16.6. The molecule has 4 N–H and O–H groups in total. The molecule has 0 aromatic heterocycles. The Morgan fingerprint density at radius 2 is 1.69 bits per heavy atom. The number of aliphatic hydroxyl groups is 2. The SMILES string of the molecule is C=C(C)[C@@H]1CC[C@]2(NC(=O)NCCN3CCCCC3=O)CC[C@]3(C)[C@H](CC[C@@H]4[C@@]5(C)CC=C(c6ccc(C(O)O)cc6)C(C)(C)[C@@H]5CC[C@]43C)[C@@H]12. The van der Waals surface area contributed by atoms with Gasteiger partial charge in [-0.3, -0.25) is 4.79 Å². The highest BCUT2D eigenvalue weighted by atomic mass is 16.5. The Labute approximate surface area is 307 Å². The number of amides is 3. The summed E-state index contributed by atoms with van der Waals surface area (Å²) in [5.74, 6) is 2.75. The van der Waals surface area contributed by atoms with Crippen LogP contribution in [0.3, 0.4) is 0 Å². The maximum absolute atomic E-state index is 13.6. The zero-order valence-corrected chi connectivity index (χ0v) is 32.3. The van der Waals surface area contributed by atoms with E-state index < -0.39 is 6.29 Å². The lowest BCUT2D eigenvalue weighted by Crippen LogP contribution is -2.68. The van der Waals surface area contributed by atoms with E-state index in [0.29, 0.717) is 54.7 Å². The van der Waals surface area contributed by atoms with Gasteiger partial charge in [-0.05, 0) is 140 Å². The van der Waals surface area contributed by atoms with E-state index in [1.807, 2.05) is 17.0 Å². The van der Waals surface area contributed by atoms with E-state index in [1.165, 1.54) is 42.4 Å². The molecule has 0 spiro atoms. The number of aliphatic hydroxyl groups excluding tert-OH is 1. The predicted octanol–water partition coefficient (Wildman–Crippen LogP) is 8.38. The lowest BCUT2D eigenvalue weighted by Gasteiger charge is -2.72. The normalized spacial score (nSPS) is 40.0. The monoisotopic (exact) mass is 699 g/mol. The lowest BCUT2D eigenvalue weighted by atomic mass is 9.33. The van der Waals surface area contributed by atoms with Crippen LogP contribution in [0.25, 0.3) is 5.57 Å². The van der Waals surface area contributed by atoms with Crippen LogP contribution in [0.2, 0.25) is 0 Å². The highest BCUT2D eigenvalue weighted by Crippen LogP contribution is 2.76. The lowest BCUT2D eigenvalue weighted by molar-refractivity contribution is -0.218. The number of hydrogen-bond donors (Lipinski definition) is 4. The Morgan fingerprint density at radius 1 is 0.941 bits per heavy atom. The zero-order chi connectivity index (χ0) is 36.6. The molecule has 6 aliphatic rings. The zero-order valence-electron chi connectivity index (χ0n) is 32.3. The van der Waals surface area contributed by atoms with Gasteiger partial charge in [0.2, 0.25) is 5.91 Å².